The second-order valence-electron chi connectivity index (χ2n) is 8.75. The molecule has 0 saturated carbocycles. The summed E-state index contributed by atoms with van der Waals surface area (Å²) in [5.41, 5.74) is 6.33. The summed E-state index contributed by atoms with van der Waals surface area (Å²) in [5.74, 6) is 2.39. The van der Waals surface area contributed by atoms with Gasteiger partial charge in [0, 0.05) is 48.7 Å². The Bertz CT molecular complexity index is 1020. The van der Waals surface area contributed by atoms with Crippen LogP contribution in [0, 0.1) is 5.92 Å². The summed E-state index contributed by atoms with van der Waals surface area (Å²) in [7, 11) is 0. The molecule has 0 spiro atoms. The molecule has 0 fully saturated rings. The molecule has 4 nitrogen and oxygen atoms in total. The van der Waals surface area contributed by atoms with E-state index in [2.05, 4.69) is 66.2 Å². The first-order valence-corrected chi connectivity index (χ1v) is 10.8. The van der Waals surface area contributed by atoms with Gasteiger partial charge in [-0.3, -0.25) is 9.88 Å². The molecule has 0 amide bonds. The van der Waals surface area contributed by atoms with Gasteiger partial charge in [-0.05, 0) is 47.2 Å². The van der Waals surface area contributed by atoms with Gasteiger partial charge in [-0.1, -0.05) is 38.1 Å². The van der Waals surface area contributed by atoms with Gasteiger partial charge in [-0.2, -0.15) is 0 Å². The SMILES string of the molecule is CC(C)C[C@@H](COc1ccc2c(c1)OCc1cnccc1-2)N1Cc2ccccc2C1. The quantitative estimate of drug-likeness (QED) is 0.551. The molecule has 1 atom stereocenters. The Morgan fingerprint density at radius 1 is 1.00 bits per heavy atom. The zero-order valence-electron chi connectivity index (χ0n) is 17.7. The minimum absolute atomic E-state index is 0.390. The number of ether oxygens (including phenoxy) is 2. The Morgan fingerprint density at radius 3 is 2.57 bits per heavy atom. The van der Waals surface area contributed by atoms with Crippen LogP contribution in [0.4, 0.5) is 0 Å². The fraction of sp³-hybridized carbons (Fsp3) is 0.346. The van der Waals surface area contributed by atoms with Crippen molar-refractivity contribution < 1.29 is 9.47 Å². The predicted octanol–water partition coefficient (Wildman–Crippen LogP) is 5.45. The third kappa shape index (κ3) is 3.80. The Morgan fingerprint density at radius 2 is 1.80 bits per heavy atom. The minimum Gasteiger partial charge on any atom is -0.492 e. The highest BCUT2D eigenvalue weighted by atomic mass is 16.5. The Hall–Kier alpha value is -2.85. The van der Waals surface area contributed by atoms with Crippen LogP contribution in [0.25, 0.3) is 11.1 Å². The van der Waals surface area contributed by atoms with E-state index >= 15 is 0 Å². The van der Waals surface area contributed by atoms with Gasteiger partial charge >= 0.3 is 0 Å². The Labute approximate surface area is 178 Å². The van der Waals surface area contributed by atoms with E-state index < -0.39 is 0 Å². The lowest BCUT2D eigenvalue weighted by Gasteiger charge is -2.29. The van der Waals surface area contributed by atoms with E-state index in [0.717, 1.165) is 42.1 Å². The minimum atomic E-state index is 0.390. The van der Waals surface area contributed by atoms with Crippen LogP contribution in [0.1, 0.15) is 37.0 Å². The highest BCUT2D eigenvalue weighted by Gasteiger charge is 2.27. The summed E-state index contributed by atoms with van der Waals surface area (Å²) in [6, 6.07) is 17.4. The van der Waals surface area contributed by atoms with Crippen LogP contribution in [0.2, 0.25) is 0 Å². The van der Waals surface area contributed by atoms with Crippen molar-refractivity contribution in [1.82, 2.24) is 9.88 Å². The topological polar surface area (TPSA) is 34.6 Å². The molecule has 0 radical (unpaired) electrons. The molecule has 3 heterocycles. The lowest BCUT2D eigenvalue weighted by Crippen LogP contribution is -2.37. The molecule has 0 unspecified atom stereocenters. The molecule has 2 aliphatic heterocycles. The van der Waals surface area contributed by atoms with E-state index in [9.17, 15) is 0 Å². The zero-order valence-corrected chi connectivity index (χ0v) is 17.7. The molecule has 0 saturated heterocycles. The molecule has 1 aromatic heterocycles. The van der Waals surface area contributed by atoms with Crippen LogP contribution in [-0.2, 0) is 19.7 Å². The average Bonchev–Trinajstić information content (AvgIpc) is 3.20. The van der Waals surface area contributed by atoms with E-state index in [4.69, 9.17) is 9.47 Å². The van der Waals surface area contributed by atoms with E-state index in [0.29, 0.717) is 25.2 Å². The van der Waals surface area contributed by atoms with Gasteiger partial charge in [-0.25, -0.2) is 0 Å². The summed E-state index contributed by atoms with van der Waals surface area (Å²) >= 11 is 0. The van der Waals surface area contributed by atoms with E-state index in [1.54, 1.807) is 0 Å². The van der Waals surface area contributed by atoms with Crippen LogP contribution >= 0.6 is 0 Å². The maximum atomic E-state index is 6.30. The molecule has 2 aromatic carbocycles. The second-order valence-corrected chi connectivity index (χ2v) is 8.75. The number of fused-ring (bicyclic) bond motifs is 4. The molecule has 0 N–H and O–H groups in total. The van der Waals surface area contributed by atoms with Crippen molar-refractivity contribution in [3.05, 3.63) is 77.6 Å². The summed E-state index contributed by atoms with van der Waals surface area (Å²) < 4.78 is 12.3. The molecule has 30 heavy (non-hydrogen) atoms. The van der Waals surface area contributed by atoms with Crippen LogP contribution in [-0.4, -0.2) is 22.5 Å². The van der Waals surface area contributed by atoms with Crippen molar-refractivity contribution in [3.8, 4) is 22.6 Å². The molecule has 5 rings (SSSR count). The van der Waals surface area contributed by atoms with Crippen LogP contribution < -0.4 is 9.47 Å². The fourth-order valence-electron chi connectivity index (χ4n) is 4.57. The van der Waals surface area contributed by atoms with E-state index in [-0.39, 0.29) is 0 Å². The van der Waals surface area contributed by atoms with Gasteiger partial charge in [0.05, 0.1) is 0 Å². The van der Waals surface area contributed by atoms with Gasteiger partial charge in [0.25, 0.3) is 0 Å². The maximum Gasteiger partial charge on any atom is 0.131 e. The summed E-state index contributed by atoms with van der Waals surface area (Å²) in [6.45, 7) is 7.84. The number of nitrogens with zero attached hydrogens (tertiary/aromatic N) is 2. The zero-order chi connectivity index (χ0) is 20.5. The average molecular weight is 401 g/mol. The number of aromatic nitrogens is 1. The first-order valence-electron chi connectivity index (χ1n) is 10.8. The van der Waals surface area contributed by atoms with Gasteiger partial charge in [0.2, 0.25) is 0 Å². The third-order valence-corrected chi connectivity index (χ3v) is 6.10. The van der Waals surface area contributed by atoms with Crippen molar-refractivity contribution in [2.45, 2.75) is 46.0 Å². The highest BCUT2D eigenvalue weighted by Crippen LogP contribution is 2.39. The predicted molar refractivity (Wildman–Crippen MR) is 118 cm³/mol. The Balaban J connectivity index is 1.30. The largest absolute Gasteiger partial charge is 0.492 e. The normalized spacial score (nSPS) is 15.8. The number of hydrogen-bond acceptors (Lipinski definition) is 4. The van der Waals surface area contributed by atoms with E-state index in [1.165, 1.54) is 16.7 Å². The smallest absolute Gasteiger partial charge is 0.131 e. The Kier molecular flexibility index (Phi) is 5.17. The highest BCUT2D eigenvalue weighted by molar-refractivity contribution is 5.75. The van der Waals surface area contributed by atoms with Crippen LogP contribution in [0.15, 0.2) is 60.9 Å². The number of rotatable bonds is 6. The summed E-state index contributed by atoms with van der Waals surface area (Å²) in [6.07, 6.45) is 4.84. The number of hydrogen-bond donors (Lipinski definition) is 0. The first-order chi connectivity index (χ1) is 14.7. The van der Waals surface area contributed by atoms with Crippen molar-refractivity contribution in [2.75, 3.05) is 6.61 Å². The van der Waals surface area contributed by atoms with Crippen molar-refractivity contribution in [3.63, 3.8) is 0 Å². The van der Waals surface area contributed by atoms with Gasteiger partial charge < -0.3 is 9.47 Å². The van der Waals surface area contributed by atoms with Crippen molar-refractivity contribution >= 4 is 0 Å². The molecule has 0 bridgehead atoms. The molecule has 3 aromatic rings. The molecule has 4 heteroatoms. The fourth-order valence-corrected chi connectivity index (χ4v) is 4.57. The summed E-state index contributed by atoms with van der Waals surface area (Å²) in [5, 5.41) is 0. The summed E-state index contributed by atoms with van der Waals surface area (Å²) in [4.78, 5) is 6.76. The third-order valence-electron chi connectivity index (χ3n) is 6.10. The second kappa shape index (κ2) is 8.11. The van der Waals surface area contributed by atoms with Crippen molar-refractivity contribution in [1.29, 1.82) is 0 Å². The first kappa shape index (κ1) is 19.1. The molecule has 2 aliphatic rings. The standard InChI is InChI=1S/C26H28N2O2/c1-18(2)11-22(28-14-19-5-3-4-6-20(19)15-28)17-29-23-7-8-25-24-9-10-27-13-21(24)16-30-26(25)12-23/h3-10,12-13,18,22H,11,14-17H2,1-2H3/t22-/m0/s1. The molecule has 154 valence electrons. The molecular weight excluding hydrogens is 372 g/mol. The van der Waals surface area contributed by atoms with Crippen LogP contribution in [0.3, 0.4) is 0 Å². The van der Waals surface area contributed by atoms with Crippen LogP contribution in [0.5, 0.6) is 11.5 Å². The van der Waals surface area contributed by atoms with E-state index in [1.807, 2.05) is 18.5 Å². The monoisotopic (exact) mass is 400 g/mol. The number of pyridine rings is 1. The maximum absolute atomic E-state index is 6.30. The van der Waals surface area contributed by atoms with Gasteiger partial charge in [0.15, 0.2) is 0 Å². The lowest BCUT2D eigenvalue weighted by molar-refractivity contribution is 0.116. The van der Waals surface area contributed by atoms with Gasteiger partial charge in [0.1, 0.15) is 24.7 Å². The molecule has 0 aliphatic carbocycles. The van der Waals surface area contributed by atoms with Crippen molar-refractivity contribution in [2.24, 2.45) is 5.92 Å². The number of benzene rings is 2. The molecular formula is C26H28N2O2. The lowest BCUT2D eigenvalue weighted by atomic mass is 9.99. The van der Waals surface area contributed by atoms with Gasteiger partial charge in [-0.15, -0.1) is 0 Å².